The molecule has 6 nitrogen and oxygen atoms in total. The van der Waals surface area contributed by atoms with Crippen LogP contribution in [0, 0.1) is 0 Å². The maximum Gasteiger partial charge on any atom is 0.325 e. The number of rotatable bonds is 3. The summed E-state index contributed by atoms with van der Waals surface area (Å²) in [4.78, 5) is 26.6. The van der Waals surface area contributed by atoms with Crippen LogP contribution in [0.15, 0.2) is 46.9 Å². The number of ether oxygens (including phenoxy) is 2. The van der Waals surface area contributed by atoms with Crippen molar-refractivity contribution >= 4 is 27.9 Å². The molecule has 1 fully saturated rings. The molecule has 0 aliphatic carbocycles. The number of nitrogens with one attached hydrogen (secondary N) is 1. The van der Waals surface area contributed by atoms with Gasteiger partial charge in [0.15, 0.2) is 11.5 Å². The third-order valence-electron chi connectivity index (χ3n) is 4.48. The van der Waals surface area contributed by atoms with Crippen molar-refractivity contribution in [2.45, 2.75) is 19.0 Å². The summed E-state index contributed by atoms with van der Waals surface area (Å²) < 4.78 is 11.6. The predicted molar refractivity (Wildman–Crippen MR) is 93.1 cm³/mol. The first-order chi connectivity index (χ1) is 12.0. The first kappa shape index (κ1) is 16.0. The number of nitrogens with zero attached hydrogens (tertiary/aromatic N) is 1. The number of imide groups is 1. The van der Waals surface area contributed by atoms with E-state index in [-0.39, 0.29) is 19.2 Å². The number of carbonyl (C=O) groups is 2. The summed E-state index contributed by atoms with van der Waals surface area (Å²) in [6.45, 7) is 2.08. The Bertz CT molecular complexity index is 868. The van der Waals surface area contributed by atoms with E-state index in [0.717, 1.165) is 10.0 Å². The number of carbonyl (C=O) groups excluding carboxylic acids is 2. The molecule has 1 saturated heterocycles. The standard InChI is InChI=1S/C18H15BrN2O4/c1-18(12-4-7-14-15(8-12)25-10-24-14)16(22)21(17(23)20-18)9-11-2-5-13(19)6-3-11/h2-8H,9-10H2,1H3,(H,20,23)/t18-/m1/s1. The lowest BCUT2D eigenvalue weighted by Crippen LogP contribution is -2.40. The normalized spacial score (nSPS) is 21.6. The molecule has 25 heavy (non-hydrogen) atoms. The third kappa shape index (κ3) is 2.64. The molecule has 3 amide bonds. The fourth-order valence-electron chi connectivity index (χ4n) is 3.02. The molecule has 0 unspecified atom stereocenters. The van der Waals surface area contributed by atoms with E-state index in [0.29, 0.717) is 17.1 Å². The van der Waals surface area contributed by atoms with E-state index >= 15 is 0 Å². The number of fused-ring (bicyclic) bond motifs is 1. The summed E-state index contributed by atoms with van der Waals surface area (Å²) in [5.41, 5.74) is 0.406. The van der Waals surface area contributed by atoms with Crippen LogP contribution >= 0.6 is 15.9 Å². The first-order valence-corrected chi connectivity index (χ1v) is 8.55. The van der Waals surface area contributed by atoms with E-state index in [9.17, 15) is 9.59 Å². The van der Waals surface area contributed by atoms with Crippen LogP contribution in [-0.2, 0) is 16.9 Å². The third-order valence-corrected chi connectivity index (χ3v) is 5.01. The molecule has 128 valence electrons. The van der Waals surface area contributed by atoms with Gasteiger partial charge >= 0.3 is 6.03 Å². The molecule has 2 aliphatic heterocycles. The summed E-state index contributed by atoms with van der Waals surface area (Å²) in [5.74, 6) is 0.919. The number of hydrogen-bond acceptors (Lipinski definition) is 4. The molecule has 0 radical (unpaired) electrons. The summed E-state index contributed by atoms with van der Waals surface area (Å²) >= 11 is 3.37. The van der Waals surface area contributed by atoms with Crippen molar-refractivity contribution in [3.63, 3.8) is 0 Å². The Kier molecular flexibility index (Phi) is 3.68. The van der Waals surface area contributed by atoms with Crippen LogP contribution in [0.4, 0.5) is 4.79 Å². The maximum atomic E-state index is 13.0. The minimum atomic E-state index is -1.13. The lowest BCUT2D eigenvalue weighted by molar-refractivity contribution is -0.131. The molecule has 0 aromatic heterocycles. The van der Waals surface area contributed by atoms with Gasteiger partial charge in [0.2, 0.25) is 6.79 Å². The lowest BCUT2D eigenvalue weighted by Gasteiger charge is -2.22. The zero-order valence-corrected chi connectivity index (χ0v) is 15.0. The zero-order valence-electron chi connectivity index (χ0n) is 13.4. The zero-order chi connectivity index (χ0) is 17.6. The van der Waals surface area contributed by atoms with Crippen LogP contribution in [-0.4, -0.2) is 23.6 Å². The fraction of sp³-hybridized carbons (Fsp3) is 0.222. The Morgan fingerprint density at radius 1 is 1.12 bits per heavy atom. The first-order valence-electron chi connectivity index (χ1n) is 7.76. The molecule has 0 saturated carbocycles. The minimum absolute atomic E-state index is 0.158. The van der Waals surface area contributed by atoms with Crippen molar-refractivity contribution in [2.75, 3.05) is 6.79 Å². The van der Waals surface area contributed by atoms with Crippen LogP contribution in [0.2, 0.25) is 0 Å². The van der Waals surface area contributed by atoms with Crippen LogP contribution in [0.5, 0.6) is 11.5 Å². The topological polar surface area (TPSA) is 67.9 Å². The second-order valence-electron chi connectivity index (χ2n) is 6.14. The van der Waals surface area contributed by atoms with Crippen molar-refractivity contribution in [1.82, 2.24) is 10.2 Å². The molecule has 1 atom stereocenters. The Labute approximate surface area is 152 Å². The Morgan fingerprint density at radius 2 is 1.84 bits per heavy atom. The van der Waals surface area contributed by atoms with E-state index in [4.69, 9.17) is 9.47 Å². The molecular weight excluding hydrogens is 388 g/mol. The highest BCUT2D eigenvalue weighted by Gasteiger charge is 2.49. The van der Waals surface area contributed by atoms with Gasteiger partial charge in [-0.1, -0.05) is 34.1 Å². The highest BCUT2D eigenvalue weighted by atomic mass is 79.9. The van der Waals surface area contributed by atoms with Gasteiger partial charge in [0.25, 0.3) is 5.91 Å². The fourth-order valence-corrected chi connectivity index (χ4v) is 3.28. The molecule has 2 aromatic rings. The Morgan fingerprint density at radius 3 is 2.60 bits per heavy atom. The molecule has 2 aromatic carbocycles. The van der Waals surface area contributed by atoms with Gasteiger partial charge in [-0.3, -0.25) is 9.69 Å². The molecule has 1 N–H and O–H groups in total. The van der Waals surface area contributed by atoms with Gasteiger partial charge in [0, 0.05) is 4.47 Å². The molecule has 4 rings (SSSR count). The molecule has 0 spiro atoms. The van der Waals surface area contributed by atoms with Crippen LogP contribution in [0.1, 0.15) is 18.1 Å². The van der Waals surface area contributed by atoms with Crippen molar-refractivity contribution < 1.29 is 19.1 Å². The summed E-state index contributed by atoms with van der Waals surface area (Å²) in [6, 6.07) is 12.4. The van der Waals surface area contributed by atoms with E-state index < -0.39 is 11.6 Å². The number of halogens is 1. The highest BCUT2D eigenvalue weighted by molar-refractivity contribution is 9.10. The van der Waals surface area contributed by atoms with Crippen LogP contribution in [0.3, 0.4) is 0 Å². The summed E-state index contributed by atoms with van der Waals surface area (Å²) in [7, 11) is 0. The summed E-state index contributed by atoms with van der Waals surface area (Å²) in [5, 5.41) is 2.80. The number of hydrogen-bond donors (Lipinski definition) is 1. The molecule has 0 bridgehead atoms. The van der Waals surface area contributed by atoms with Crippen LogP contribution < -0.4 is 14.8 Å². The number of amides is 3. The van der Waals surface area contributed by atoms with E-state index in [1.165, 1.54) is 4.90 Å². The largest absolute Gasteiger partial charge is 0.454 e. The van der Waals surface area contributed by atoms with Gasteiger partial charge < -0.3 is 14.8 Å². The second kappa shape index (κ2) is 5.77. The average molecular weight is 403 g/mol. The van der Waals surface area contributed by atoms with Gasteiger partial charge in [-0.05, 0) is 42.3 Å². The van der Waals surface area contributed by atoms with Gasteiger partial charge in [-0.25, -0.2) is 4.79 Å². The van der Waals surface area contributed by atoms with Crippen LogP contribution in [0.25, 0.3) is 0 Å². The molecule has 2 aliphatic rings. The van der Waals surface area contributed by atoms with Gasteiger partial charge in [0.05, 0.1) is 6.54 Å². The van der Waals surface area contributed by atoms with E-state index in [1.54, 1.807) is 25.1 Å². The smallest absolute Gasteiger partial charge is 0.325 e. The van der Waals surface area contributed by atoms with Gasteiger partial charge in [0.1, 0.15) is 5.54 Å². The van der Waals surface area contributed by atoms with Crippen molar-refractivity contribution in [3.8, 4) is 11.5 Å². The van der Waals surface area contributed by atoms with Crippen molar-refractivity contribution in [3.05, 3.63) is 58.1 Å². The maximum absolute atomic E-state index is 13.0. The minimum Gasteiger partial charge on any atom is -0.454 e. The molecular formula is C18H15BrN2O4. The number of urea groups is 1. The Hall–Kier alpha value is -2.54. The quantitative estimate of drug-likeness (QED) is 0.800. The predicted octanol–water partition coefficient (Wildman–Crippen LogP) is 3.15. The van der Waals surface area contributed by atoms with Crippen molar-refractivity contribution in [2.24, 2.45) is 0 Å². The molecule has 2 heterocycles. The SMILES string of the molecule is C[C@]1(c2ccc3c(c2)OCO3)NC(=O)N(Cc2ccc(Br)cc2)C1=O. The van der Waals surface area contributed by atoms with E-state index in [1.807, 2.05) is 24.3 Å². The highest BCUT2D eigenvalue weighted by Crippen LogP contribution is 2.38. The Balaban J connectivity index is 1.62. The average Bonchev–Trinajstić information content (AvgIpc) is 3.15. The lowest BCUT2D eigenvalue weighted by atomic mass is 9.91. The van der Waals surface area contributed by atoms with Crippen molar-refractivity contribution in [1.29, 1.82) is 0 Å². The van der Waals surface area contributed by atoms with Gasteiger partial charge in [-0.15, -0.1) is 0 Å². The van der Waals surface area contributed by atoms with E-state index in [2.05, 4.69) is 21.2 Å². The molecule has 7 heteroatoms. The summed E-state index contributed by atoms with van der Waals surface area (Å²) in [6.07, 6.45) is 0. The number of benzene rings is 2. The second-order valence-corrected chi connectivity index (χ2v) is 7.06. The monoisotopic (exact) mass is 402 g/mol. The van der Waals surface area contributed by atoms with Gasteiger partial charge in [-0.2, -0.15) is 0 Å².